The third-order valence-electron chi connectivity index (χ3n) is 5.12. The van der Waals surface area contributed by atoms with Gasteiger partial charge >= 0.3 is 0 Å². The summed E-state index contributed by atoms with van der Waals surface area (Å²) in [5.41, 5.74) is 2.99. The van der Waals surface area contributed by atoms with E-state index in [-0.39, 0.29) is 18.1 Å². The molecule has 0 saturated heterocycles. The standard InChI is InChI=1S/C17H19N7O2/c1-9-13-11(26-10-4-2-3-5-10)6-12(25)22-16(13)24(23-9)17-14-15(19-7-18-14)20-8-21-17/h7-8,10-11H,2-6H2,1H3,(H,22,25)(H,18,19,20,21). The summed E-state index contributed by atoms with van der Waals surface area (Å²) < 4.78 is 7.93. The molecule has 1 amide bonds. The van der Waals surface area contributed by atoms with E-state index in [0.29, 0.717) is 29.2 Å². The maximum absolute atomic E-state index is 12.3. The Labute approximate surface area is 149 Å². The number of amides is 1. The largest absolute Gasteiger partial charge is 0.370 e. The molecule has 2 N–H and O–H groups in total. The van der Waals surface area contributed by atoms with E-state index in [1.54, 1.807) is 11.0 Å². The monoisotopic (exact) mass is 353 g/mol. The Morgan fingerprint density at radius 3 is 2.92 bits per heavy atom. The van der Waals surface area contributed by atoms with E-state index in [1.165, 1.54) is 19.2 Å². The summed E-state index contributed by atoms with van der Waals surface area (Å²) in [4.78, 5) is 28.0. The molecule has 0 spiro atoms. The van der Waals surface area contributed by atoms with E-state index in [0.717, 1.165) is 24.1 Å². The maximum atomic E-state index is 12.3. The van der Waals surface area contributed by atoms with Gasteiger partial charge in [0, 0.05) is 5.56 Å². The molecule has 134 valence electrons. The molecule has 1 aliphatic heterocycles. The van der Waals surface area contributed by atoms with Gasteiger partial charge in [-0.3, -0.25) is 4.79 Å². The first-order chi connectivity index (χ1) is 12.7. The quantitative estimate of drug-likeness (QED) is 0.747. The van der Waals surface area contributed by atoms with Gasteiger partial charge in [0.25, 0.3) is 0 Å². The molecule has 26 heavy (non-hydrogen) atoms. The van der Waals surface area contributed by atoms with Crippen LogP contribution in [0.2, 0.25) is 0 Å². The fraction of sp³-hybridized carbons (Fsp3) is 0.471. The Hall–Kier alpha value is -2.81. The molecule has 3 aromatic rings. The molecule has 2 aliphatic rings. The number of fused-ring (bicyclic) bond motifs is 2. The van der Waals surface area contributed by atoms with Crippen molar-refractivity contribution in [2.24, 2.45) is 0 Å². The SMILES string of the molecule is Cc1nn(-c2ncnc3nc[nH]c23)c2c1C(OC1CCCC1)CC(=O)N2. The zero-order valence-electron chi connectivity index (χ0n) is 14.4. The molecule has 0 radical (unpaired) electrons. The molecule has 9 nitrogen and oxygen atoms in total. The van der Waals surface area contributed by atoms with Gasteiger partial charge in [0.2, 0.25) is 5.91 Å². The van der Waals surface area contributed by atoms with Crippen LogP contribution >= 0.6 is 0 Å². The summed E-state index contributed by atoms with van der Waals surface area (Å²) in [7, 11) is 0. The number of aryl methyl sites for hydroxylation is 1. The number of carbonyl (C=O) groups excluding carboxylic acids is 1. The van der Waals surface area contributed by atoms with Gasteiger partial charge in [-0.2, -0.15) is 9.78 Å². The highest BCUT2D eigenvalue weighted by molar-refractivity contribution is 5.94. The topological polar surface area (TPSA) is 111 Å². The number of rotatable bonds is 3. The van der Waals surface area contributed by atoms with Crippen molar-refractivity contribution < 1.29 is 9.53 Å². The highest BCUT2D eigenvalue weighted by Crippen LogP contribution is 2.39. The normalized spacial score (nSPS) is 20.5. The zero-order valence-corrected chi connectivity index (χ0v) is 14.4. The highest BCUT2D eigenvalue weighted by Gasteiger charge is 2.35. The van der Waals surface area contributed by atoms with Crippen molar-refractivity contribution in [1.82, 2.24) is 29.7 Å². The minimum absolute atomic E-state index is 0.0726. The Kier molecular flexibility index (Phi) is 3.49. The van der Waals surface area contributed by atoms with Gasteiger partial charge in [-0.15, -0.1) is 0 Å². The van der Waals surface area contributed by atoms with Crippen LogP contribution < -0.4 is 5.32 Å². The van der Waals surface area contributed by atoms with Gasteiger partial charge < -0.3 is 15.0 Å². The number of aromatic amines is 1. The number of aromatic nitrogens is 6. The Balaban J connectivity index is 1.61. The molecule has 1 unspecified atom stereocenters. The molecule has 0 aromatic carbocycles. The molecule has 3 aromatic heterocycles. The second-order valence-corrected chi connectivity index (χ2v) is 6.84. The molecule has 1 aliphatic carbocycles. The number of H-pyrrole nitrogens is 1. The number of anilines is 1. The summed E-state index contributed by atoms with van der Waals surface area (Å²) in [5.74, 6) is 1.10. The van der Waals surface area contributed by atoms with Gasteiger partial charge in [0.1, 0.15) is 17.7 Å². The van der Waals surface area contributed by atoms with Crippen LogP contribution in [0.3, 0.4) is 0 Å². The summed E-state index contributed by atoms with van der Waals surface area (Å²) in [6, 6.07) is 0. The lowest BCUT2D eigenvalue weighted by atomic mass is 10.0. The van der Waals surface area contributed by atoms with Crippen LogP contribution in [0.1, 0.15) is 49.5 Å². The van der Waals surface area contributed by atoms with Crippen LogP contribution in [0, 0.1) is 6.92 Å². The maximum Gasteiger partial charge on any atom is 0.228 e. The molecule has 5 rings (SSSR count). The van der Waals surface area contributed by atoms with Crippen molar-refractivity contribution in [2.75, 3.05) is 5.32 Å². The number of ether oxygens (including phenoxy) is 1. The Bertz CT molecular complexity index is 986. The van der Waals surface area contributed by atoms with Crippen LogP contribution in [0.5, 0.6) is 0 Å². The number of hydrogen-bond acceptors (Lipinski definition) is 6. The van der Waals surface area contributed by atoms with Crippen LogP contribution in [0.25, 0.3) is 17.0 Å². The third-order valence-corrected chi connectivity index (χ3v) is 5.12. The first-order valence-corrected chi connectivity index (χ1v) is 8.90. The predicted molar refractivity (Wildman–Crippen MR) is 92.9 cm³/mol. The fourth-order valence-electron chi connectivity index (χ4n) is 3.94. The molecular formula is C17H19N7O2. The molecule has 1 atom stereocenters. The van der Waals surface area contributed by atoms with E-state index in [9.17, 15) is 4.79 Å². The van der Waals surface area contributed by atoms with E-state index >= 15 is 0 Å². The lowest BCUT2D eigenvalue weighted by Crippen LogP contribution is -2.27. The number of hydrogen-bond donors (Lipinski definition) is 2. The van der Waals surface area contributed by atoms with Gasteiger partial charge in [-0.05, 0) is 19.8 Å². The summed E-state index contributed by atoms with van der Waals surface area (Å²) in [6.45, 7) is 1.93. The minimum Gasteiger partial charge on any atom is -0.370 e. The molecule has 1 saturated carbocycles. The molecule has 1 fully saturated rings. The van der Waals surface area contributed by atoms with E-state index in [2.05, 4.69) is 30.4 Å². The Morgan fingerprint density at radius 2 is 2.08 bits per heavy atom. The van der Waals surface area contributed by atoms with E-state index in [4.69, 9.17) is 4.74 Å². The number of nitrogens with zero attached hydrogens (tertiary/aromatic N) is 5. The van der Waals surface area contributed by atoms with Gasteiger partial charge in [-0.1, -0.05) is 12.8 Å². The van der Waals surface area contributed by atoms with Crippen molar-refractivity contribution in [1.29, 1.82) is 0 Å². The fourth-order valence-corrected chi connectivity index (χ4v) is 3.94. The lowest BCUT2D eigenvalue weighted by molar-refractivity contribution is -0.121. The third kappa shape index (κ3) is 2.38. The van der Waals surface area contributed by atoms with Crippen molar-refractivity contribution in [3.63, 3.8) is 0 Å². The summed E-state index contributed by atoms with van der Waals surface area (Å²) >= 11 is 0. The first-order valence-electron chi connectivity index (χ1n) is 8.90. The number of imidazole rings is 1. The van der Waals surface area contributed by atoms with Gasteiger partial charge in [0.15, 0.2) is 11.5 Å². The molecular weight excluding hydrogens is 334 g/mol. The molecule has 0 bridgehead atoms. The average Bonchev–Trinajstić information content (AvgIpc) is 3.34. The first kappa shape index (κ1) is 15.4. The number of carbonyl (C=O) groups is 1. The van der Waals surface area contributed by atoms with Gasteiger partial charge in [-0.25, -0.2) is 15.0 Å². The van der Waals surface area contributed by atoms with Crippen LogP contribution in [0.15, 0.2) is 12.7 Å². The van der Waals surface area contributed by atoms with Gasteiger partial charge in [0.05, 0.1) is 30.7 Å². The van der Waals surface area contributed by atoms with Crippen molar-refractivity contribution in [3.05, 3.63) is 23.9 Å². The van der Waals surface area contributed by atoms with Crippen LogP contribution in [-0.4, -0.2) is 41.7 Å². The average molecular weight is 353 g/mol. The second-order valence-electron chi connectivity index (χ2n) is 6.84. The number of nitrogens with one attached hydrogen (secondary N) is 2. The van der Waals surface area contributed by atoms with Crippen LogP contribution in [-0.2, 0) is 9.53 Å². The predicted octanol–water partition coefficient (Wildman–Crippen LogP) is 2.19. The van der Waals surface area contributed by atoms with Crippen molar-refractivity contribution >= 4 is 22.9 Å². The second kappa shape index (κ2) is 5.87. The van der Waals surface area contributed by atoms with E-state index in [1.807, 2.05) is 6.92 Å². The summed E-state index contributed by atoms with van der Waals surface area (Å²) in [6.07, 6.45) is 7.77. The molecule has 4 heterocycles. The molecule has 9 heteroatoms. The van der Waals surface area contributed by atoms with Crippen LogP contribution in [0.4, 0.5) is 5.82 Å². The smallest absolute Gasteiger partial charge is 0.228 e. The van der Waals surface area contributed by atoms with E-state index < -0.39 is 0 Å². The highest BCUT2D eigenvalue weighted by atomic mass is 16.5. The lowest BCUT2D eigenvalue weighted by Gasteiger charge is -2.26. The zero-order chi connectivity index (χ0) is 17.7. The van der Waals surface area contributed by atoms with Crippen molar-refractivity contribution in [3.8, 4) is 5.82 Å². The Morgan fingerprint density at radius 1 is 1.23 bits per heavy atom. The van der Waals surface area contributed by atoms with Crippen molar-refractivity contribution in [2.45, 2.75) is 51.2 Å². The minimum atomic E-state index is -0.269. The summed E-state index contributed by atoms with van der Waals surface area (Å²) in [5, 5.41) is 7.58.